The van der Waals surface area contributed by atoms with Gasteiger partial charge in [-0.05, 0) is 13.8 Å². The molecule has 7 heteroatoms. The fraction of sp³-hybridized carbons (Fsp3) is 0.778. The second-order valence-electron chi connectivity index (χ2n) is 3.77. The summed E-state index contributed by atoms with van der Waals surface area (Å²) in [6, 6.07) is -0.0691. The van der Waals surface area contributed by atoms with Crippen LogP contribution in [0, 0.1) is 0 Å². The zero-order valence-electron chi connectivity index (χ0n) is 9.12. The third-order valence-corrected chi connectivity index (χ3v) is 2.13. The molecular weight excluding hydrogens is 223 g/mol. The Hall–Kier alpha value is -1.11. The Morgan fingerprint density at radius 2 is 1.81 bits per heavy atom. The van der Waals surface area contributed by atoms with Crippen LogP contribution in [-0.2, 0) is 13.0 Å². The molecule has 0 aromatic carbocycles. The second kappa shape index (κ2) is 4.82. The van der Waals surface area contributed by atoms with Gasteiger partial charge in [-0.25, -0.2) is 0 Å². The van der Waals surface area contributed by atoms with Crippen LogP contribution >= 0.6 is 0 Å². The summed E-state index contributed by atoms with van der Waals surface area (Å²) in [4.78, 5) is 0. The van der Waals surface area contributed by atoms with Crippen LogP contribution in [-0.4, -0.2) is 26.0 Å². The first-order chi connectivity index (χ1) is 7.35. The van der Waals surface area contributed by atoms with Crippen LogP contribution in [0.2, 0.25) is 0 Å². The van der Waals surface area contributed by atoms with Crippen LogP contribution in [0.1, 0.15) is 38.0 Å². The van der Waals surface area contributed by atoms with Gasteiger partial charge in [-0.15, -0.1) is 10.2 Å². The number of aryl methyl sites for hydroxylation is 1. The minimum atomic E-state index is -4.20. The number of aliphatic hydroxyl groups excluding tert-OH is 1. The van der Waals surface area contributed by atoms with Crippen molar-refractivity contribution in [3.63, 3.8) is 0 Å². The van der Waals surface area contributed by atoms with E-state index in [0.717, 1.165) is 0 Å². The Morgan fingerprint density at radius 3 is 2.25 bits per heavy atom. The van der Waals surface area contributed by atoms with Crippen molar-refractivity contribution in [3.05, 3.63) is 11.6 Å². The summed E-state index contributed by atoms with van der Waals surface area (Å²) in [5.74, 6) is 0.559. The number of nitrogens with zero attached hydrogens (tertiary/aromatic N) is 3. The van der Waals surface area contributed by atoms with Crippen molar-refractivity contribution in [1.82, 2.24) is 14.8 Å². The van der Waals surface area contributed by atoms with Gasteiger partial charge in [-0.2, -0.15) is 13.2 Å². The standard InChI is InChI=1S/C9H14F3N3O/c1-6(2)15-7(3-4-9(10,11)12)13-14-8(15)5-16/h6,16H,3-5H2,1-2H3. The molecule has 0 aliphatic heterocycles. The molecule has 1 rings (SSSR count). The van der Waals surface area contributed by atoms with Crippen LogP contribution in [0.25, 0.3) is 0 Å². The summed E-state index contributed by atoms with van der Waals surface area (Å²) in [5.41, 5.74) is 0. The molecule has 0 amide bonds. The molecule has 0 spiro atoms. The van der Waals surface area contributed by atoms with Gasteiger partial charge < -0.3 is 9.67 Å². The lowest BCUT2D eigenvalue weighted by Gasteiger charge is -2.13. The van der Waals surface area contributed by atoms with E-state index in [0.29, 0.717) is 5.82 Å². The molecule has 0 fully saturated rings. The summed E-state index contributed by atoms with van der Waals surface area (Å²) in [6.45, 7) is 3.29. The molecule has 16 heavy (non-hydrogen) atoms. The van der Waals surface area contributed by atoms with Crippen molar-refractivity contribution in [2.24, 2.45) is 0 Å². The highest BCUT2D eigenvalue weighted by Crippen LogP contribution is 2.22. The van der Waals surface area contributed by atoms with Crippen LogP contribution in [0.3, 0.4) is 0 Å². The SMILES string of the molecule is CC(C)n1c(CO)nnc1CCC(F)(F)F. The van der Waals surface area contributed by atoms with Crippen LogP contribution in [0.15, 0.2) is 0 Å². The Labute approximate surface area is 91.1 Å². The lowest BCUT2D eigenvalue weighted by atomic mass is 10.2. The van der Waals surface area contributed by atoms with E-state index < -0.39 is 12.6 Å². The van der Waals surface area contributed by atoms with E-state index in [-0.39, 0.29) is 24.9 Å². The molecule has 1 N–H and O–H groups in total. The van der Waals surface area contributed by atoms with E-state index in [4.69, 9.17) is 5.11 Å². The van der Waals surface area contributed by atoms with Gasteiger partial charge in [0, 0.05) is 12.5 Å². The first kappa shape index (κ1) is 13.0. The molecule has 92 valence electrons. The van der Waals surface area contributed by atoms with E-state index in [1.165, 1.54) is 4.57 Å². The summed E-state index contributed by atoms with van der Waals surface area (Å²) >= 11 is 0. The molecule has 0 aliphatic carbocycles. The molecule has 0 saturated heterocycles. The number of aromatic nitrogens is 3. The zero-order chi connectivity index (χ0) is 12.3. The molecule has 0 unspecified atom stereocenters. The fourth-order valence-electron chi connectivity index (χ4n) is 1.49. The number of hydrogen-bond donors (Lipinski definition) is 1. The highest BCUT2D eigenvalue weighted by molar-refractivity contribution is 4.97. The van der Waals surface area contributed by atoms with Gasteiger partial charge in [0.2, 0.25) is 0 Å². The van der Waals surface area contributed by atoms with E-state index in [9.17, 15) is 13.2 Å². The largest absolute Gasteiger partial charge is 0.389 e. The average Bonchev–Trinajstić information content (AvgIpc) is 2.56. The van der Waals surface area contributed by atoms with E-state index >= 15 is 0 Å². The maximum atomic E-state index is 12.1. The normalized spacial score (nSPS) is 12.4. The third kappa shape index (κ3) is 3.19. The van der Waals surface area contributed by atoms with Crippen molar-refractivity contribution >= 4 is 0 Å². The Morgan fingerprint density at radius 1 is 1.25 bits per heavy atom. The molecule has 0 atom stereocenters. The molecule has 1 aromatic heterocycles. The van der Waals surface area contributed by atoms with Gasteiger partial charge in [0.1, 0.15) is 12.4 Å². The van der Waals surface area contributed by atoms with Gasteiger partial charge in [0.05, 0.1) is 6.42 Å². The fourth-order valence-corrected chi connectivity index (χ4v) is 1.49. The van der Waals surface area contributed by atoms with Crippen LogP contribution < -0.4 is 0 Å². The molecule has 1 heterocycles. The molecule has 0 saturated carbocycles. The average molecular weight is 237 g/mol. The number of halogens is 3. The summed E-state index contributed by atoms with van der Waals surface area (Å²) in [7, 11) is 0. The minimum absolute atomic E-state index is 0.0691. The lowest BCUT2D eigenvalue weighted by molar-refractivity contribution is -0.134. The quantitative estimate of drug-likeness (QED) is 0.869. The van der Waals surface area contributed by atoms with E-state index in [1.54, 1.807) is 13.8 Å². The van der Waals surface area contributed by atoms with Crippen molar-refractivity contribution in [2.45, 2.75) is 45.5 Å². The van der Waals surface area contributed by atoms with E-state index in [2.05, 4.69) is 10.2 Å². The summed E-state index contributed by atoms with van der Waals surface area (Å²) in [5, 5.41) is 16.3. The molecular formula is C9H14F3N3O. The smallest absolute Gasteiger partial charge is 0.388 e. The second-order valence-corrected chi connectivity index (χ2v) is 3.77. The monoisotopic (exact) mass is 237 g/mol. The third-order valence-electron chi connectivity index (χ3n) is 2.13. The Kier molecular flexibility index (Phi) is 3.90. The Balaban J connectivity index is 2.84. The molecule has 0 bridgehead atoms. The van der Waals surface area contributed by atoms with Gasteiger partial charge in [0.15, 0.2) is 5.82 Å². The van der Waals surface area contributed by atoms with Crippen LogP contribution in [0.5, 0.6) is 0 Å². The van der Waals surface area contributed by atoms with Crippen molar-refractivity contribution < 1.29 is 18.3 Å². The molecule has 4 nitrogen and oxygen atoms in total. The first-order valence-electron chi connectivity index (χ1n) is 4.95. The van der Waals surface area contributed by atoms with Crippen molar-refractivity contribution in [3.8, 4) is 0 Å². The highest BCUT2D eigenvalue weighted by atomic mass is 19.4. The summed E-state index contributed by atoms with van der Waals surface area (Å²) in [6.07, 6.45) is -5.34. The maximum Gasteiger partial charge on any atom is 0.389 e. The predicted octanol–water partition coefficient (Wildman–Crippen LogP) is 1.85. The van der Waals surface area contributed by atoms with Gasteiger partial charge >= 0.3 is 6.18 Å². The number of hydrogen-bond acceptors (Lipinski definition) is 3. The van der Waals surface area contributed by atoms with Gasteiger partial charge in [-0.3, -0.25) is 0 Å². The Bertz CT molecular complexity index is 346. The molecule has 1 aromatic rings. The minimum Gasteiger partial charge on any atom is -0.388 e. The molecule has 0 aliphatic rings. The first-order valence-corrected chi connectivity index (χ1v) is 4.95. The van der Waals surface area contributed by atoms with Gasteiger partial charge in [0.25, 0.3) is 0 Å². The van der Waals surface area contributed by atoms with E-state index in [1.807, 2.05) is 0 Å². The number of aliphatic hydroxyl groups is 1. The topological polar surface area (TPSA) is 50.9 Å². The van der Waals surface area contributed by atoms with Crippen molar-refractivity contribution in [1.29, 1.82) is 0 Å². The highest BCUT2D eigenvalue weighted by Gasteiger charge is 2.28. The maximum absolute atomic E-state index is 12.1. The number of alkyl halides is 3. The number of rotatable bonds is 4. The van der Waals surface area contributed by atoms with Crippen molar-refractivity contribution in [2.75, 3.05) is 0 Å². The summed E-state index contributed by atoms with van der Waals surface area (Å²) < 4.78 is 37.7. The lowest BCUT2D eigenvalue weighted by Crippen LogP contribution is -2.14. The molecule has 0 radical (unpaired) electrons. The van der Waals surface area contributed by atoms with Crippen LogP contribution in [0.4, 0.5) is 13.2 Å². The van der Waals surface area contributed by atoms with Gasteiger partial charge in [-0.1, -0.05) is 0 Å². The predicted molar refractivity (Wildman–Crippen MR) is 50.7 cm³/mol. The zero-order valence-corrected chi connectivity index (χ0v) is 9.12.